The first kappa shape index (κ1) is 8.99. The van der Waals surface area contributed by atoms with Crippen LogP contribution in [0.5, 0.6) is 0 Å². The van der Waals surface area contributed by atoms with Gasteiger partial charge in [-0.3, -0.25) is 0 Å². The third kappa shape index (κ3) is 1.99. The van der Waals surface area contributed by atoms with E-state index in [1.54, 1.807) is 0 Å². The normalized spacial score (nSPS) is 13.8. The van der Waals surface area contributed by atoms with Crippen molar-refractivity contribution in [3.8, 4) is 0 Å². The fourth-order valence-corrected chi connectivity index (χ4v) is 0.179. The lowest BCUT2D eigenvalue weighted by Crippen LogP contribution is -2.21. The van der Waals surface area contributed by atoms with Crippen LogP contribution in [0.25, 0.3) is 0 Å². The number of hydrogen-bond acceptors (Lipinski definition) is 3. The topological polar surface area (TPSA) is 43.4 Å². The smallest absolute Gasteiger partial charge is 0.189 e. The van der Waals surface area contributed by atoms with Crippen molar-refractivity contribution < 1.29 is 26.1 Å². The van der Waals surface area contributed by atoms with Crippen molar-refractivity contribution in [2.45, 2.75) is 4.71 Å². The fraction of sp³-hybridized carbons (Fsp3) is 1.00. The first-order valence-electron chi connectivity index (χ1n) is 1.43. The van der Waals surface area contributed by atoms with Gasteiger partial charge in [0, 0.05) is 0 Å². The van der Waals surface area contributed by atoms with Crippen LogP contribution in [0.1, 0.15) is 0 Å². The summed E-state index contributed by atoms with van der Waals surface area (Å²) in [7, 11) is -5.57. The zero-order chi connectivity index (χ0) is 7.71. The van der Waals surface area contributed by atoms with E-state index in [9.17, 15) is 21.7 Å². The van der Waals surface area contributed by atoms with Crippen molar-refractivity contribution in [1.82, 2.24) is 0 Å². The van der Waals surface area contributed by atoms with Gasteiger partial charge in [-0.15, -0.1) is 0 Å². The van der Waals surface area contributed by atoms with Gasteiger partial charge in [0.15, 0.2) is 0 Å². The van der Waals surface area contributed by atoms with Crippen molar-refractivity contribution in [3.05, 3.63) is 0 Å². The van der Waals surface area contributed by atoms with E-state index in [1.165, 1.54) is 0 Å². The Kier molecular flexibility index (Phi) is 2.31. The van der Waals surface area contributed by atoms with Crippen molar-refractivity contribution >= 4 is 21.7 Å². The summed E-state index contributed by atoms with van der Waals surface area (Å²) in [5.74, 6) is 0. The Morgan fingerprint density at radius 1 is 1.44 bits per heavy atom. The van der Waals surface area contributed by atoms with Crippen LogP contribution in [0.4, 0.5) is 13.3 Å². The predicted molar refractivity (Wildman–Crippen MR) is 21.9 cm³/mol. The van der Waals surface area contributed by atoms with Gasteiger partial charge in [-0.1, -0.05) is 4.39 Å². The van der Waals surface area contributed by atoms with Gasteiger partial charge in [-0.25, -0.2) is 0 Å². The van der Waals surface area contributed by atoms with Crippen molar-refractivity contribution in [2.24, 2.45) is 0 Å². The highest BCUT2D eigenvalue weighted by molar-refractivity contribution is 7.89. The molecule has 0 heterocycles. The highest BCUT2D eigenvalue weighted by Crippen LogP contribution is 2.27. The summed E-state index contributed by atoms with van der Waals surface area (Å²) < 4.78 is 49.5. The molecule has 0 aliphatic carbocycles. The van der Waals surface area contributed by atoms with Crippen LogP contribution in [0.3, 0.4) is 0 Å². The van der Waals surface area contributed by atoms with E-state index in [4.69, 9.17) is 0 Å². The Bertz CT molecular complexity index is 180. The van der Waals surface area contributed by atoms with E-state index in [0.717, 1.165) is 0 Å². The van der Waals surface area contributed by atoms with Crippen LogP contribution < -0.4 is 0 Å². The summed E-state index contributed by atoms with van der Waals surface area (Å²) in [5, 5.41) is 0. The van der Waals surface area contributed by atoms with Gasteiger partial charge in [0.05, 0.1) is 0 Å². The largest absolute Gasteiger partial charge is 0.450 e. The van der Waals surface area contributed by atoms with Gasteiger partial charge in [0.25, 0.3) is 0 Å². The second-order valence-electron chi connectivity index (χ2n) is 0.963. The molecular weight excluding hydrogens is 185 g/mol. The van der Waals surface area contributed by atoms with Gasteiger partial charge in [0.2, 0.25) is 0 Å². The Balaban J connectivity index is 4.57. The lowest BCUT2D eigenvalue weighted by Gasteiger charge is -2.01. The molecule has 0 aliphatic rings. The molecule has 0 saturated carbocycles. The van der Waals surface area contributed by atoms with E-state index in [1.807, 2.05) is 4.39 Å². The molecule has 0 unspecified atom stereocenters. The second-order valence-corrected chi connectivity index (χ2v) is 3.21. The van der Waals surface area contributed by atoms with Gasteiger partial charge in [-0.2, -0.15) is 17.2 Å². The Morgan fingerprint density at radius 2 is 1.78 bits per heavy atom. The summed E-state index contributed by atoms with van der Waals surface area (Å²) in [4.78, 5) is 0. The minimum absolute atomic E-state index is 1.89. The molecule has 0 fully saturated rings. The first-order valence-corrected chi connectivity index (χ1v) is 3.21. The fourth-order valence-electron chi connectivity index (χ4n) is 0.0357. The third-order valence-electron chi connectivity index (χ3n) is 0.366. The van der Waals surface area contributed by atoms with E-state index in [0.29, 0.717) is 0 Å². The van der Waals surface area contributed by atoms with E-state index in [2.05, 4.69) is 11.6 Å². The molecule has 0 rings (SSSR count). The zero-order valence-corrected chi connectivity index (χ0v) is 5.22. The predicted octanol–water partition coefficient (Wildman–Crippen LogP) is 1.01. The van der Waals surface area contributed by atoms with Gasteiger partial charge >= 0.3 is 14.8 Å². The van der Waals surface area contributed by atoms with Gasteiger partial charge < -0.3 is 0 Å². The molecule has 8 heteroatoms. The Hall–Kier alpha value is -0.0100. The SMILES string of the molecule is O=S(=O)(OF)C(F)(F)Cl. The molecule has 0 atom stereocenters. The average Bonchev–Trinajstić information content (AvgIpc) is 1.64. The maximum atomic E-state index is 11.3. The summed E-state index contributed by atoms with van der Waals surface area (Å²) in [6, 6.07) is 0. The van der Waals surface area contributed by atoms with Gasteiger partial charge in [0.1, 0.15) is 0 Å². The first-order chi connectivity index (χ1) is 3.81. The highest BCUT2D eigenvalue weighted by Gasteiger charge is 2.45. The number of rotatable bonds is 2. The summed E-state index contributed by atoms with van der Waals surface area (Å²) >= 11 is 3.84. The minimum atomic E-state index is -5.57. The van der Waals surface area contributed by atoms with Crippen LogP contribution in [0, 0.1) is 0 Å². The molecule has 0 N–H and O–H groups in total. The van der Waals surface area contributed by atoms with Gasteiger partial charge in [-0.05, 0) is 16.1 Å². The lowest BCUT2D eigenvalue weighted by molar-refractivity contribution is -0.0129. The van der Waals surface area contributed by atoms with Crippen molar-refractivity contribution in [3.63, 3.8) is 0 Å². The lowest BCUT2D eigenvalue weighted by atomic mass is 11.6. The molecule has 0 saturated heterocycles. The molecule has 0 radical (unpaired) electrons. The molecular formula is CClF3O3S. The molecule has 0 aromatic carbocycles. The molecule has 56 valence electrons. The number of halogens is 4. The molecule has 9 heavy (non-hydrogen) atoms. The number of alkyl halides is 3. The third-order valence-corrected chi connectivity index (χ3v) is 1.67. The minimum Gasteiger partial charge on any atom is -0.189 e. The van der Waals surface area contributed by atoms with Crippen LogP contribution in [-0.4, -0.2) is 13.1 Å². The number of hydrogen-bond donors (Lipinski definition) is 0. The van der Waals surface area contributed by atoms with Crippen LogP contribution in [-0.2, 0) is 14.5 Å². The second kappa shape index (κ2) is 2.31. The van der Waals surface area contributed by atoms with E-state index in [-0.39, 0.29) is 0 Å². The molecule has 0 aliphatic heterocycles. The quantitative estimate of drug-likeness (QED) is 0.602. The molecule has 0 aromatic rings. The monoisotopic (exact) mass is 184 g/mol. The summed E-state index contributed by atoms with van der Waals surface area (Å²) in [5.41, 5.74) is 0. The molecule has 0 amide bonds. The zero-order valence-electron chi connectivity index (χ0n) is 3.64. The van der Waals surface area contributed by atoms with Crippen molar-refractivity contribution in [1.29, 1.82) is 0 Å². The molecule has 0 aromatic heterocycles. The average molecular weight is 185 g/mol. The van der Waals surface area contributed by atoms with Crippen LogP contribution in [0.2, 0.25) is 0 Å². The summed E-state index contributed by atoms with van der Waals surface area (Å²) in [6.07, 6.45) is 0. The maximum Gasteiger partial charge on any atom is 0.450 e. The Labute approximate surface area is 53.4 Å². The highest BCUT2D eigenvalue weighted by atomic mass is 35.5. The maximum absolute atomic E-state index is 11.3. The van der Waals surface area contributed by atoms with E-state index >= 15 is 0 Å². The van der Waals surface area contributed by atoms with E-state index < -0.39 is 14.8 Å². The summed E-state index contributed by atoms with van der Waals surface area (Å²) in [6.45, 7) is 0. The van der Waals surface area contributed by atoms with Crippen LogP contribution >= 0.6 is 11.6 Å². The van der Waals surface area contributed by atoms with Crippen LogP contribution in [0.15, 0.2) is 0 Å². The Morgan fingerprint density at radius 3 is 1.78 bits per heavy atom. The molecule has 3 nitrogen and oxygen atoms in total. The molecule has 0 spiro atoms. The standard InChI is InChI=1S/CClF3O3S/c2-1(3,4)9(6,7)8-5. The molecule has 0 bridgehead atoms. The van der Waals surface area contributed by atoms with Crippen molar-refractivity contribution in [2.75, 3.05) is 0 Å².